The first-order valence-corrected chi connectivity index (χ1v) is 6.08. The molecular weight excluding hydrogens is 224 g/mol. The Morgan fingerprint density at radius 2 is 2.56 bits per heavy atom. The van der Waals surface area contributed by atoms with Crippen molar-refractivity contribution in [3.05, 3.63) is 23.2 Å². The lowest BCUT2D eigenvalue weighted by Crippen LogP contribution is -2.10. The maximum absolute atomic E-state index is 11.5. The van der Waals surface area contributed by atoms with E-state index in [-0.39, 0.29) is 5.91 Å². The van der Waals surface area contributed by atoms with E-state index in [4.69, 9.17) is 4.74 Å². The minimum absolute atomic E-state index is 0.00749. The van der Waals surface area contributed by atoms with E-state index >= 15 is 0 Å². The van der Waals surface area contributed by atoms with E-state index in [0.717, 1.165) is 23.6 Å². The summed E-state index contributed by atoms with van der Waals surface area (Å²) in [5, 5.41) is 3.48. The molecule has 1 N–H and O–H groups in total. The third-order valence-corrected chi connectivity index (χ3v) is 3.30. The lowest BCUT2D eigenvalue weighted by atomic mass is 10.2. The van der Waals surface area contributed by atoms with Gasteiger partial charge in [-0.25, -0.2) is 4.98 Å². The van der Waals surface area contributed by atoms with Crippen LogP contribution in [0.4, 0.5) is 5.13 Å². The van der Waals surface area contributed by atoms with Crippen LogP contribution >= 0.6 is 11.3 Å². The number of thiazole rings is 1. The van der Waals surface area contributed by atoms with Crippen molar-refractivity contribution in [2.75, 3.05) is 11.9 Å². The van der Waals surface area contributed by atoms with Crippen LogP contribution in [0.1, 0.15) is 23.4 Å². The molecular formula is C11H14N2O2S. The molecule has 0 aliphatic carbocycles. The van der Waals surface area contributed by atoms with Crippen LogP contribution in [-0.2, 0) is 22.6 Å². The highest BCUT2D eigenvalue weighted by atomic mass is 32.1. The molecule has 1 amide bonds. The number of hydrogen-bond acceptors (Lipinski definition) is 4. The smallest absolute Gasteiger partial charge is 0.226 e. The van der Waals surface area contributed by atoms with E-state index in [1.54, 1.807) is 6.08 Å². The van der Waals surface area contributed by atoms with Gasteiger partial charge in [-0.1, -0.05) is 17.4 Å². The molecule has 1 aliphatic heterocycles. The first kappa shape index (κ1) is 11.3. The predicted molar refractivity (Wildman–Crippen MR) is 63.5 cm³/mol. The van der Waals surface area contributed by atoms with Gasteiger partial charge in [0.1, 0.15) is 0 Å². The van der Waals surface area contributed by atoms with Crippen molar-refractivity contribution in [1.82, 2.24) is 4.98 Å². The molecule has 0 radical (unpaired) electrons. The van der Waals surface area contributed by atoms with Crippen molar-refractivity contribution in [2.24, 2.45) is 0 Å². The molecule has 1 aliphatic rings. The van der Waals surface area contributed by atoms with Crippen molar-refractivity contribution < 1.29 is 9.53 Å². The highest BCUT2D eigenvalue weighted by Gasteiger charge is 2.16. The highest BCUT2D eigenvalue weighted by Crippen LogP contribution is 2.27. The van der Waals surface area contributed by atoms with Crippen molar-refractivity contribution >= 4 is 22.4 Å². The number of hydrogen-bond donors (Lipinski definition) is 1. The molecule has 1 aromatic rings. The second-order valence-corrected chi connectivity index (χ2v) is 4.65. The molecule has 2 rings (SSSR count). The highest BCUT2D eigenvalue weighted by molar-refractivity contribution is 7.15. The zero-order valence-corrected chi connectivity index (χ0v) is 9.81. The van der Waals surface area contributed by atoms with Crippen LogP contribution in [-0.4, -0.2) is 17.5 Å². The van der Waals surface area contributed by atoms with Gasteiger partial charge >= 0.3 is 0 Å². The van der Waals surface area contributed by atoms with Crippen molar-refractivity contribution in [3.8, 4) is 0 Å². The zero-order valence-electron chi connectivity index (χ0n) is 8.99. The average Bonchev–Trinajstić information content (AvgIpc) is 2.68. The summed E-state index contributed by atoms with van der Waals surface area (Å²) in [4.78, 5) is 17.0. The number of anilines is 1. The summed E-state index contributed by atoms with van der Waals surface area (Å²) >= 11 is 1.50. The second kappa shape index (κ2) is 5.23. The second-order valence-electron chi connectivity index (χ2n) is 3.57. The summed E-state index contributed by atoms with van der Waals surface area (Å²) in [7, 11) is 0. The quantitative estimate of drug-likeness (QED) is 0.817. The van der Waals surface area contributed by atoms with E-state index < -0.39 is 0 Å². The maximum atomic E-state index is 11.5. The molecule has 86 valence electrons. The Morgan fingerprint density at radius 3 is 3.31 bits per heavy atom. The van der Waals surface area contributed by atoms with Crippen LogP contribution in [0.25, 0.3) is 0 Å². The van der Waals surface area contributed by atoms with Crippen molar-refractivity contribution in [1.29, 1.82) is 0 Å². The van der Waals surface area contributed by atoms with E-state index in [2.05, 4.69) is 16.9 Å². The number of allylic oxidation sites excluding steroid dienone is 1. The average molecular weight is 238 g/mol. The third-order valence-electron chi connectivity index (χ3n) is 2.32. The molecule has 0 fully saturated rings. The van der Waals surface area contributed by atoms with E-state index in [9.17, 15) is 4.79 Å². The fraction of sp³-hybridized carbons (Fsp3) is 0.455. The van der Waals surface area contributed by atoms with Gasteiger partial charge in [0.2, 0.25) is 5.91 Å². The van der Waals surface area contributed by atoms with Crippen LogP contribution in [0.15, 0.2) is 12.7 Å². The normalized spacial score (nSPS) is 14.2. The molecule has 16 heavy (non-hydrogen) atoms. The number of aromatic nitrogens is 1. The number of amides is 1. The Bertz CT molecular complexity index is 377. The molecule has 0 saturated heterocycles. The topological polar surface area (TPSA) is 51.2 Å². The van der Waals surface area contributed by atoms with Gasteiger partial charge in [-0.05, 0) is 6.42 Å². The maximum Gasteiger partial charge on any atom is 0.226 e. The first-order valence-electron chi connectivity index (χ1n) is 5.26. The summed E-state index contributed by atoms with van der Waals surface area (Å²) in [6.07, 6.45) is 3.74. The van der Waals surface area contributed by atoms with Gasteiger partial charge in [0.05, 0.1) is 23.8 Å². The fourth-order valence-electron chi connectivity index (χ4n) is 1.49. The van der Waals surface area contributed by atoms with Crippen molar-refractivity contribution in [3.63, 3.8) is 0 Å². The molecule has 0 aromatic carbocycles. The summed E-state index contributed by atoms with van der Waals surface area (Å²) in [6.45, 7) is 4.93. The van der Waals surface area contributed by atoms with Crippen LogP contribution < -0.4 is 5.32 Å². The zero-order chi connectivity index (χ0) is 11.4. The lowest BCUT2D eigenvalue weighted by molar-refractivity contribution is -0.116. The minimum atomic E-state index is -0.00749. The Labute approximate surface area is 98.3 Å². The van der Waals surface area contributed by atoms with Gasteiger partial charge in [-0.15, -0.1) is 6.58 Å². The van der Waals surface area contributed by atoms with E-state index in [1.165, 1.54) is 11.3 Å². The molecule has 0 spiro atoms. The molecule has 0 saturated carbocycles. The molecule has 2 heterocycles. The number of rotatable bonds is 4. The van der Waals surface area contributed by atoms with E-state index in [1.807, 2.05) is 0 Å². The standard InChI is InChI=1S/C11H14N2O2S/c1-2-3-4-10(14)13-11-12-8-5-6-15-7-9(8)16-11/h2H,1,3-7H2,(H,12,13,14). The first-order chi connectivity index (χ1) is 7.79. The molecule has 0 atom stereocenters. The number of nitrogens with zero attached hydrogens (tertiary/aromatic N) is 1. The number of carbonyl (C=O) groups excluding carboxylic acids is 1. The lowest BCUT2D eigenvalue weighted by Gasteiger charge is -2.08. The van der Waals surface area contributed by atoms with Crippen molar-refractivity contribution in [2.45, 2.75) is 25.9 Å². The largest absolute Gasteiger partial charge is 0.375 e. The fourth-order valence-corrected chi connectivity index (χ4v) is 2.46. The van der Waals surface area contributed by atoms with E-state index in [0.29, 0.717) is 24.6 Å². The predicted octanol–water partition coefficient (Wildman–Crippen LogP) is 2.12. The van der Waals surface area contributed by atoms with Gasteiger partial charge in [-0.2, -0.15) is 0 Å². The summed E-state index contributed by atoms with van der Waals surface area (Å²) < 4.78 is 5.32. The Morgan fingerprint density at radius 1 is 1.69 bits per heavy atom. The number of carbonyl (C=O) groups is 1. The SMILES string of the molecule is C=CCCC(=O)Nc1nc2c(s1)COCC2. The van der Waals surface area contributed by atoms with Crippen LogP contribution in [0.3, 0.4) is 0 Å². The van der Waals surface area contributed by atoms with Gasteiger partial charge in [-0.3, -0.25) is 4.79 Å². The Hall–Kier alpha value is -1.20. The molecule has 4 nitrogen and oxygen atoms in total. The van der Waals surface area contributed by atoms with Crippen LogP contribution in [0.5, 0.6) is 0 Å². The number of nitrogens with one attached hydrogen (secondary N) is 1. The Kier molecular flexibility index (Phi) is 3.69. The summed E-state index contributed by atoms with van der Waals surface area (Å²) in [5.41, 5.74) is 1.07. The van der Waals surface area contributed by atoms with Gasteiger partial charge in [0, 0.05) is 12.8 Å². The molecule has 0 unspecified atom stereocenters. The monoisotopic (exact) mass is 238 g/mol. The molecule has 1 aromatic heterocycles. The summed E-state index contributed by atoms with van der Waals surface area (Å²) in [6, 6.07) is 0. The summed E-state index contributed by atoms with van der Waals surface area (Å²) in [5.74, 6) is -0.00749. The van der Waals surface area contributed by atoms with Gasteiger partial charge < -0.3 is 10.1 Å². The van der Waals surface area contributed by atoms with Gasteiger partial charge in [0.15, 0.2) is 5.13 Å². The molecule has 5 heteroatoms. The number of fused-ring (bicyclic) bond motifs is 1. The minimum Gasteiger partial charge on any atom is -0.375 e. The third kappa shape index (κ3) is 2.68. The van der Waals surface area contributed by atoms with Gasteiger partial charge in [0.25, 0.3) is 0 Å². The number of ether oxygens (including phenoxy) is 1. The Balaban J connectivity index is 1.96. The van der Waals surface area contributed by atoms with Crippen LogP contribution in [0, 0.1) is 0 Å². The van der Waals surface area contributed by atoms with Crippen LogP contribution in [0.2, 0.25) is 0 Å². The molecule has 0 bridgehead atoms.